The molecule has 0 bridgehead atoms. The molecule has 8 heteroatoms. The number of rotatable bonds is 4. The first-order chi connectivity index (χ1) is 8.41. The molecule has 1 fully saturated rings. The topological polar surface area (TPSA) is 52.6 Å². The van der Waals surface area contributed by atoms with Gasteiger partial charge in [0.15, 0.2) is 0 Å². The Morgan fingerprint density at radius 1 is 0.833 bits per heavy atom. The normalized spacial score (nSPS) is 24.1. The van der Waals surface area contributed by atoms with Crippen LogP contribution in [0.4, 0.5) is 0 Å². The van der Waals surface area contributed by atoms with Crippen molar-refractivity contribution in [3.8, 4) is 0 Å². The molecule has 0 aliphatic heterocycles. The van der Waals surface area contributed by atoms with E-state index in [2.05, 4.69) is 0 Å². The molecule has 104 valence electrons. The molecular weight excluding hydrogens is 326 g/mol. The first-order valence-electron chi connectivity index (χ1n) is 5.39. The fourth-order valence-corrected chi connectivity index (χ4v) is 1.94. The summed E-state index contributed by atoms with van der Waals surface area (Å²) in [5.74, 6) is -1.50. The number of hydrogen-bond acceptors (Lipinski definition) is 4. The van der Waals surface area contributed by atoms with Crippen LogP contribution in [0.15, 0.2) is 0 Å². The summed E-state index contributed by atoms with van der Waals surface area (Å²) >= 11 is 21.6. The molecule has 1 aliphatic rings. The van der Waals surface area contributed by atoms with Gasteiger partial charge in [0.05, 0.1) is 0 Å². The van der Waals surface area contributed by atoms with Gasteiger partial charge in [-0.2, -0.15) is 0 Å². The summed E-state index contributed by atoms with van der Waals surface area (Å²) in [4.78, 5) is 20.1. The van der Waals surface area contributed by atoms with E-state index in [1.807, 2.05) is 0 Å². The van der Waals surface area contributed by atoms with Crippen LogP contribution in [0, 0.1) is 0 Å². The number of halogens is 4. The highest BCUT2D eigenvalue weighted by molar-refractivity contribution is 6.53. The van der Waals surface area contributed by atoms with Crippen LogP contribution in [-0.2, 0) is 19.1 Å². The summed E-state index contributed by atoms with van der Waals surface area (Å²) < 4.78 is 10.2. The van der Waals surface area contributed by atoms with Crippen molar-refractivity contribution >= 4 is 58.3 Å². The second-order valence-electron chi connectivity index (χ2n) is 3.84. The maximum absolute atomic E-state index is 11.3. The molecule has 0 spiro atoms. The molecule has 0 heterocycles. The average Bonchev–Trinajstić information content (AvgIpc) is 2.31. The van der Waals surface area contributed by atoms with E-state index in [4.69, 9.17) is 55.9 Å². The van der Waals surface area contributed by atoms with Crippen LogP contribution in [0.5, 0.6) is 0 Å². The molecule has 0 aromatic heterocycles. The summed E-state index contributed by atoms with van der Waals surface area (Å²) in [5.41, 5.74) is 0. The lowest BCUT2D eigenvalue weighted by atomic mass is 9.94. The summed E-state index contributed by atoms with van der Waals surface area (Å²) in [6.07, 6.45) is 1.79. The van der Waals surface area contributed by atoms with E-state index in [9.17, 15) is 9.59 Å². The van der Waals surface area contributed by atoms with Crippen LogP contribution in [-0.4, -0.2) is 33.8 Å². The molecule has 0 aromatic rings. The number of ether oxygens (including phenoxy) is 2. The number of carbonyl (C=O) groups is 2. The first-order valence-corrected chi connectivity index (χ1v) is 7.13. The van der Waals surface area contributed by atoms with E-state index in [-0.39, 0.29) is 0 Å². The minimum atomic E-state index is -1.25. The Bertz CT molecular complexity index is 278. The Kier molecular flexibility index (Phi) is 6.85. The molecule has 0 radical (unpaired) electrons. The van der Waals surface area contributed by atoms with Gasteiger partial charge in [-0.25, -0.2) is 9.59 Å². The minimum absolute atomic E-state index is 0.553. The van der Waals surface area contributed by atoms with Crippen LogP contribution in [0.1, 0.15) is 25.7 Å². The van der Waals surface area contributed by atoms with Crippen molar-refractivity contribution < 1.29 is 19.1 Å². The van der Waals surface area contributed by atoms with Gasteiger partial charge in [-0.3, -0.25) is 0 Å². The molecule has 18 heavy (non-hydrogen) atoms. The molecule has 0 aromatic carbocycles. The molecule has 4 nitrogen and oxygen atoms in total. The van der Waals surface area contributed by atoms with Crippen molar-refractivity contribution in [2.24, 2.45) is 0 Å². The highest BCUT2D eigenvalue weighted by atomic mass is 35.5. The summed E-state index contributed by atoms with van der Waals surface area (Å²) in [7, 11) is 0. The summed E-state index contributed by atoms with van der Waals surface area (Å²) in [5, 5.41) is 0. The maximum Gasteiger partial charge on any atom is 0.339 e. The third-order valence-electron chi connectivity index (χ3n) is 2.53. The van der Waals surface area contributed by atoms with E-state index in [1.54, 1.807) is 0 Å². The zero-order valence-electron chi connectivity index (χ0n) is 9.28. The predicted molar refractivity (Wildman–Crippen MR) is 69.2 cm³/mol. The lowest BCUT2D eigenvalue weighted by Gasteiger charge is -2.30. The fraction of sp³-hybridized carbons (Fsp3) is 0.800. The van der Waals surface area contributed by atoms with Crippen molar-refractivity contribution in [3.05, 3.63) is 0 Å². The summed E-state index contributed by atoms with van der Waals surface area (Å²) in [6, 6.07) is 0. The van der Waals surface area contributed by atoms with E-state index >= 15 is 0 Å². The number of carbonyl (C=O) groups excluding carboxylic acids is 2. The monoisotopic (exact) mass is 336 g/mol. The average molecular weight is 338 g/mol. The lowest BCUT2D eigenvalue weighted by molar-refractivity contribution is -0.169. The third-order valence-corrected chi connectivity index (χ3v) is 3.25. The van der Waals surface area contributed by atoms with Gasteiger partial charge in [0, 0.05) is 0 Å². The highest BCUT2D eigenvalue weighted by Gasteiger charge is 2.33. The van der Waals surface area contributed by atoms with Crippen LogP contribution in [0.2, 0.25) is 0 Å². The molecule has 1 rings (SSSR count). The molecule has 0 amide bonds. The zero-order chi connectivity index (χ0) is 13.7. The predicted octanol–water partition coefficient (Wildman–Crippen LogP) is 2.99. The first kappa shape index (κ1) is 16.2. The number of alkyl halides is 4. The largest absolute Gasteiger partial charge is 0.456 e. The molecule has 0 N–H and O–H groups in total. The van der Waals surface area contributed by atoms with Crippen molar-refractivity contribution in [2.75, 3.05) is 0 Å². The lowest BCUT2D eigenvalue weighted by Crippen LogP contribution is -2.39. The van der Waals surface area contributed by atoms with E-state index in [1.165, 1.54) is 0 Å². The van der Waals surface area contributed by atoms with Gasteiger partial charge in [-0.1, -0.05) is 46.4 Å². The van der Waals surface area contributed by atoms with Gasteiger partial charge >= 0.3 is 11.9 Å². The van der Waals surface area contributed by atoms with Crippen molar-refractivity contribution in [2.45, 2.75) is 47.6 Å². The van der Waals surface area contributed by atoms with Gasteiger partial charge < -0.3 is 9.47 Å². The van der Waals surface area contributed by atoms with E-state index < -0.39 is 33.8 Å². The van der Waals surface area contributed by atoms with Crippen molar-refractivity contribution in [3.63, 3.8) is 0 Å². The molecular formula is C10H12Cl4O4. The SMILES string of the molecule is O=C(O[C@@H]1CCCC[C@H]1OC(=O)C(Cl)Cl)C(Cl)Cl. The van der Waals surface area contributed by atoms with Crippen molar-refractivity contribution in [1.82, 2.24) is 0 Å². The quantitative estimate of drug-likeness (QED) is 0.584. The molecule has 0 saturated heterocycles. The van der Waals surface area contributed by atoms with Crippen molar-refractivity contribution in [1.29, 1.82) is 0 Å². The Morgan fingerprint density at radius 2 is 1.17 bits per heavy atom. The second-order valence-corrected chi connectivity index (χ2v) is 6.03. The van der Waals surface area contributed by atoms with Gasteiger partial charge in [0.25, 0.3) is 0 Å². The van der Waals surface area contributed by atoms with Gasteiger partial charge in [-0.15, -0.1) is 0 Å². The standard InChI is InChI=1S/C10H12Cl4O4/c11-7(12)9(15)17-5-3-1-2-4-6(5)18-10(16)8(13)14/h5-8H,1-4H2/t5-,6-/m1/s1. The Balaban J connectivity index is 2.57. The van der Waals surface area contributed by atoms with Gasteiger partial charge in [0.2, 0.25) is 9.67 Å². The molecule has 2 atom stereocenters. The van der Waals surface area contributed by atoms with Gasteiger partial charge in [0.1, 0.15) is 12.2 Å². The molecule has 1 saturated carbocycles. The Labute approximate surface area is 125 Å². The Hall–Kier alpha value is 0.1000. The third kappa shape index (κ3) is 5.00. The Morgan fingerprint density at radius 3 is 1.44 bits per heavy atom. The van der Waals surface area contributed by atoms with E-state index in [0.717, 1.165) is 12.8 Å². The summed E-state index contributed by atoms with van der Waals surface area (Å²) in [6.45, 7) is 0. The second kappa shape index (κ2) is 7.63. The maximum atomic E-state index is 11.3. The van der Waals surface area contributed by atoms with Gasteiger partial charge in [-0.05, 0) is 25.7 Å². The number of esters is 2. The highest BCUT2D eigenvalue weighted by Crippen LogP contribution is 2.26. The van der Waals surface area contributed by atoms with E-state index in [0.29, 0.717) is 12.8 Å². The van der Waals surface area contributed by atoms with Crippen LogP contribution in [0.3, 0.4) is 0 Å². The van der Waals surface area contributed by atoms with Crippen LogP contribution < -0.4 is 0 Å². The number of hydrogen-bond donors (Lipinski definition) is 0. The molecule has 1 aliphatic carbocycles. The minimum Gasteiger partial charge on any atom is -0.456 e. The van der Waals surface area contributed by atoms with Crippen LogP contribution >= 0.6 is 46.4 Å². The van der Waals surface area contributed by atoms with Crippen LogP contribution in [0.25, 0.3) is 0 Å². The molecule has 0 unspecified atom stereocenters. The smallest absolute Gasteiger partial charge is 0.339 e. The fourth-order valence-electron chi connectivity index (χ4n) is 1.73. The zero-order valence-corrected chi connectivity index (χ0v) is 12.3.